The molecule has 0 spiro atoms. The molecule has 2 heterocycles. The molecule has 1 aliphatic rings. The van der Waals surface area contributed by atoms with Crippen LogP contribution in [0, 0.1) is 0 Å². The number of carbonyl (C=O) groups is 2. The number of thioether (sulfide) groups is 1. The smallest absolute Gasteiger partial charge is 0.266 e. The minimum atomic E-state index is -0.271. The molecule has 8 nitrogen and oxygen atoms in total. The lowest BCUT2D eigenvalue weighted by Gasteiger charge is -2.18. The van der Waals surface area contributed by atoms with Gasteiger partial charge in [-0.25, -0.2) is 4.98 Å². The van der Waals surface area contributed by atoms with E-state index in [1.807, 2.05) is 18.2 Å². The van der Waals surface area contributed by atoms with E-state index in [0.717, 1.165) is 11.8 Å². The fraction of sp³-hybridized carbons (Fsp3) is 0.120. The normalized spacial score (nSPS) is 12.6. The van der Waals surface area contributed by atoms with Gasteiger partial charge in [-0.3, -0.25) is 19.0 Å². The standard InChI is InChI=1S/C25H19N3O5S/c1-32-22-9-5-4-8-19(22)28-24(31)16-6-2-3-7-17(16)27-25(28)34-14-20(29)15-10-11-21-18(12-15)26-23(30)13-33-21/h2-12H,13-14H2,1H3,(H,26,30). The number of fused-ring (bicyclic) bond motifs is 2. The molecule has 1 aromatic heterocycles. The van der Waals surface area contributed by atoms with Crippen molar-refractivity contribution < 1.29 is 19.1 Å². The van der Waals surface area contributed by atoms with Gasteiger partial charge >= 0.3 is 0 Å². The predicted molar refractivity (Wildman–Crippen MR) is 130 cm³/mol. The third-order valence-corrected chi connectivity index (χ3v) is 6.28. The Balaban J connectivity index is 1.51. The van der Waals surface area contributed by atoms with Crippen molar-refractivity contribution in [2.45, 2.75) is 5.16 Å². The molecule has 170 valence electrons. The van der Waals surface area contributed by atoms with Gasteiger partial charge in [0, 0.05) is 5.56 Å². The summed E-state index contributed by atoms with van der Waals surface area (Å²) in [5.41, 5.74) is 1.71. The summed E-state index contributed by atoms with van der Waals surface area (Å²) in [6.07, 6.45) is 0. The van der Waals surface area contributed by atoms with Gasteiger partial charge in [-0.1, -0.05) is 36.0 Å². The lowest BCUT2D eigenvalue weighted by atomic mass is 10.1. The highest BCUT2D eigenvalue weighted by Crippen LogP contribution is 2.30. The van der Waals surface area contributed by atoms with E-state index in [2.05, 4.69) is 10.3 Å². The van der Waals surface area contributed by atoms with E-state index in [4.69, 9.17) is 9.47 Å². The Labute approximate surface area is 198 Å². The van der Waals surface area contributed by atoms with Crippen LogP contribution in [-0.2, 0) is 4.79 Å². The highest BCUT2D eigenvalue weighted by molar-refractivity contribution is 7.99. The van der Waals surface area contributed by atoms with Crippen LogP contribution in [0.15, 0.2) is 76.7 Å². The number of methoxy groups -OCH3 is 1. The van der Waals surface area contributed by atoms with E-state index in [1.165, 1.54) is 11.7 Å². The SMILES string of the molecule is COc1ccccc1-n1c(SCC(=O)c2ccc3c(c2)NC(=O)CO3)nc2ccccc2c1=O. The number of amides is 1. The first kappa shape index (κ1) is 21.7. The third kappa shape index (κ3) is 4.01. The van der Waals surface area contributed by atoms with E-state index >= 15 is 0 Å². The van der Waals surface area contributed by atoms with Gasteiger partial charge < -0.3 is 14.8 Å². The summed E-state index contributed by atoms with van der Waals surface area (Å²) < 4.78 is 12.3. The number of benzene rings is 3. The molecule has 9 heteroatoms. The number of nitrogens with one attached hydrogen (secondary N) is 1. The molecule has 0 saturated heterocycles. The van der Waals surface area contributed by atoms with Gasteiger partial charge in [0.15, 0.2) is 17.5 Å². The average molecular weight is 474 g/mol. The van der Waals surface area contributed by atoms with E-state index in [1.54, 1.807) is 48.5 Å². The molecule has 1 N–H and O–H groups in total. The molecule has 0 bridgehead atoms. The van der Waals surface area contributed by atoms with E-state index in [-0.39, 0.29) is 29.6 Å². The molecule has 34 heavy (non-hydrogen) atoms. The van der Waals surface area contributed by atoms with E-state index in [9.17, 15) is 14.4 Å². The molecule has 0 saturated carbocycles. The number of rotatable bonds is 6. The van der Waals surface area contributed by atoms with E-state index < -0.39 is 0 Å². The molecule has 0 radical (unpaired) electrons. The molecule has 0 aliphatic carbocycles. The quantitative estimate of drug-likeness (QED) is 0.259. The van der Waals surface area contributed by atoms with Crippen molar-refractivity contribution in [2.75, 3.05) is 24.8 Å². The second-order valence-corrected chi connectivity index (χ2v) is 8.43. The summed E-state index contributed by atoms with van der Waals surface area (Å²) >= 11 is 1.16. The maximum atomic E-state index is 13.4. The molecule has 1 amide bonds. The molecule has 3 aromatic carbocycles. The first-order chi connectivity index (χ1) is 16.5. The van der Waals surface area contributed by atoms with Gasteiger partial charge in [0.2, 0.25) is 0 Å². The van der Waals surface area contributed by atoms with Crippen molar-refractivity contribution in [3.05, 3.63) is 82.6 Å². The van der Waals surface area contributed by atoms with Crippen molar-refractivity contribution in [3.8, 4) is 17.2 Å². The van der Waals surface area contributed by atoms with Crippen molar-refractivity contribution >= 4 is 40.0 Å². The largest absolute Gasteiger partial charge is 0.495 e. The second kappa shape index (κ2) is 9.03. The van der Waals surface area contributed by atoms with Crippen LogP contribution in [0.25, 0.3) is 16.6 Å². The van der Waals surface area contributed by atoms with Crippen molar-refractivity contribution in [1.29, 1.82) is 0 Å². The number of carbonyl (C=O) groups excluding carboxylic acids is 2. The number of aromatic nitrogens is 2. The molecular formula is C25H19N3O5S. The van der Waals surface area contributed by atoms with Crippen LogP contribution < -0.4 is 20.3 Å². The topological polar surface area (TPSA) is 99.5 Å². The molecule has 0 atom stereocenters. The number of Topliss-reactive ketones (excluding diaryl/α,β-unsaturated/α-hetero) is 1. The number of ether oxygens (including phenoxy) is 2. The highest BCUT2D eigenvalue weighted by atomic mass is 32.2. The maximum absolute atomic E-state index is 13.4. The lowest BCUT2D eigenvalue weighted by molar-refractivity contribution is -0.118. The number of ketones is 1. The maximum Gasteiger partial charge on any atom is 0.266 e. The van der Waals surface area contributed by atoms with Gasteiger partial charge in [0.25, 0.3) is 11.5 Å². The van der Waals surface area contributed by atoms with Crippen LogP contribution in [0.2, 0.25) is 0 Å². The van der Waals surface area contributed by atoms with Gasteiger partial charge in [0.1, 0.15) is 11.5 Å². The monoisotopic (exact) mass is 473 g/mol. The van der Waals surface area contributed by atoms with E-state index in [0.29, 0.717) is 44.5 Å². The van der Waals surface area contributed by atoms with Crippen LogP contribution in [0.3, 0.4) is 0 Å². The second-order valence-electron chi connectivity index (χ2n) is 7.48. The number of nitrogens with zero attached hydrogens (tertiary/aromatic N) is 2. The summed E-state index contributed by atoms with van der Waals surface area (Å²) in [7, 11) is 1.53. The minimum absolute atomic E-state index is 0.0352. The highest BCUT2D eigenvalue weighted by Gasteiger charge is 2.20. The van der Waals surface area contributed by atoms with Crippen LogP contribution >= 0.6 is 11.8 Å². The minimum Gasteiger partial charge on any atom is -0.495 e. The van der Waals surface area contributed by atoms with Gasteiger partial charge in [-0.05, 0) is 42.5 Å². The van der Waals surface area contributed by atoms with Crippen LogP contribution in [-0.4, -0.2) is 40.7 Å². The van der Waals surface area contributed by atoms with Crippen molar-refractivity contribution in [3.63, 3.8) is 0 Å². The zero-order valence-corrected chi connectivity index (χ0v) is 18.9. The Morgan fingerprint density at radius 2 is 1.91 bits per heavy atom. The van der Waals surface area contributed by atoms with Crippen LogP contribution in [0.1, 0.15) is 10.4 Å². The molecule has 4 aromatic rings. The summed E-state index contributed by atoms with van der Waals surface area (Å²) in [6.45, 7) is -0.0513. The Kier molecular flexibility index (Phi) is 5.77. The first-order valence-electron chi connectivity index (χ1n) is 10.4. The summed E-state index contributed by atoms with van der Waals surface area (Å²) in [4.78, 5) is 42.7. The number of anilines is 1. The first-order valence-corrected chi connectivity index (χ1v) is 11.4. The Bertz CT molecular complexity index is 1500. The fourth-order valence-electron chi connectivity index (χ4n) is 3.71. The fourth-order valence-corrected chi connectivity index (χ4v) is 4.61. The number of hydrogen-bond acceptors (Lipinski definition) is 7. The Morgan fingerprint density at radius 1 is 1.12 bits per heavy atom. The van der Waals surface area contributed by atoms with Gasteiger partial charge in [0.05, 0.1) is 35.1 Å². The van der Waals surface area contributed by atoms with Gasteiger partial charge in [-0.15, -0.1) is 0 Å². The molecule has 1 aliphatic heterocycles. The van der Waals surface area contributed by atoms with Gasteiger partial charge in [-0.2, -0.15) is 0 Å². The Morgan fingerprint density at radius 3 is 2.76 bits per heavy atom. The zero-order valence-electron chi connectivity index (χ0n) is 18.1. The summed E-state index contributed by atoms with van der Waals surface area (Å²) in [5.74, 6) is 0.618. The number of hydrogen-bond donors (Lipinski definition) is 1. The molecule has 0 fully saturated rings. The average Bonchev–Trinajstić information content (AvgIpc) is 2.87. The molecular weight excluding hydrogens is 454 g/mol. The summed E-state index contributed by atoms with van der Waals surface area (Å²) in [6, 6.07) is 19.1. The molecule has 5 rings (SSSR count). The predicted octanol–water partition coefficient (Wildman–Crippen LogP) is 3.70. The summed E-state index contributed by atoms with van der Waals surface area (Å²) in [5, 5.41) is 3.54. The van der Waals surface area contributed by atoms with Crippen LogP contribution in [0.5, 0.6) is 11.5 Å². The Hall–Kier alpha value is -4.11. The zero-order chi connectivity index (χ0) is 23.7. The van der Waals surface area contributed by atoms with Crippen molar-refractivity contribution in [1.82, 2.24) is 9.55 Å². The lowest BCUT2D eigenvalue weighted by Crippen LogP contribution is -2.25. The van der Waals surface area contributed by atoms with Crippen molar-refractivity contribution in [2.24, 2.45) is 0 Å². The molecule has 0 unspecified atom stereocenters. The third-order valence-electron chi connectivity index (χ3n) is 5.34. The number of para-hydroxylation sites is 3. The van der Waals surface area contributed by atoms with Crippen LogP contribution in [0.4, 0.5) is 5.69 Å².